The van der Waals surface area contributed by atoms with Crippen LogP contribution in [0.1, 0.15) is 20.8 Å². The predicted octanol–water partition coefficient (Wildman–Crippen LogP) is 3.24. The monoisotopic (exact) mass is 298 g/mol. The van der Waals surface area contributed by atoms with Crippen molar-refractivity contribution in [2.24, 2.45) is 5.73 Å². The van der Waals surface area contributed by atoms with Crippen molar-refractivity contribution in [3.63, 3.8) is 0 Å². The predicted molar refractivity (Wildman–Crippen MR) is 84.7 cm³/mol. The number of rotatable bonds is 2. The van der Waals surface area contributed by atoms with Crippen LogP contribution in [0.5, 0.6) is 5.75 Å². The maximum Gasteiger partial charge on any atom is 0.410 e. The van der Waals surface area contributed by atoms with E-state index in [0.29, 0.717) is 11.3 Å². The maximum atomic E-state index is 11.0. The Hall–Kier alpha value is -2.76. The van der Waals surface area contributed by atoms with Gasteiger partial charge in [-0.05, 0) is 39.0 Å². The second-order valence-electron chi connectivity index (χ2n) is 6.14. The van der Waals surface area contributed by atoms with Crippen LogP contribution in [0.25, 0.3) is 22.4 Å². The van der Waals surface area contributed by atoms with Gasteiger partial charge >= 0.3 is 6.09 Å². The van der Waals surface area contributed by atoms with E-state index < -0.39 is 6.09 Å². The molecule has 3 aromatic rings. The van der Waals surface area contributed by atoms with Crippen LogP contribution in [-0.4, -0.2) is 20.6 Å². The molecular weight excluding hydrogens is 280 g/mol. The summed E-state index contributed by atoms with van der Waals surface area (Å²) in [6.07, 6.45) is 3.20. The number of carbonyl (C=O) groups is 1. The van der Waals surface area contributed by atoms with Gasteiger partial charge in [0.25, 0.3) is 0 Å². The standard InChI is InChI=1S/C16H18N4O2/c1-16(2,3)20-8-7-10(9-20)14-18-11-5-4-6-12(13(11)19-14)22-15(17)21/h4-9H,1-3H3,(H2,17,21)(H,18,19). The number of H-pyrrole nitrogens is 1. The molecule has 0 fully saturated rings. The van der Waals surface area contributed by atoms with Gasteiger partial charge in [0.05, 0.1) is 5.52 Å². The number of carbonyl (C=O) groups excluding carboxylic acids is 1. The van der Waals surface area contributed by atoms with Gasteiger partial charge in [-0.2, -0.15) is 0 Å². The molecule has 0 saturated heterocycles. The highest BCUT2D eigenvalue weighted by Crippen LogP contribution is 2.28. The molecule has 0 aliphatic rings. The quantitative estimate of drug-likeness (QED) is 0.761. The molecule has 0 aliphatic carbocycles. The fourth-order valence-electron chi connectivity index (χ4n) is 2.29. The van der Waals surface area contributed by atoms with Crippen molar-refractivity contribution in [3.05, 3.63) is 36.7 Å². The number of ether oxygens (including phenoxy) is 1. The Morgan fingerprint density at radius 2 is 2.09 bits per heavy atom. The molecular formula is C16H18N4O2. The number of hydrogen-bond acceptors (Lipinski definition) is 3. The number of nitrogens with two attached hydrogens (primary N) is 1. The number of benzene rings is 1. The SMILES string of the molecule is CC(C)(C)n1ccc(-c2nc3c(OC(N)=O)cccc3[nH]2)c1. The molecule has 0 saturated carbocycles. The number of aromatic nitrogens is 3. The summed E-state index contributed by atoms with van der Waals surface area (Å²) < 4.78 is 7.11. The van der Waals surface area contributed by atoms with Gasteiger partial charge in [-0.25, -0.2) is 9.78 Å². The molecule has 3 rings (SSSR count). The Morgan fingerprint density at radius 3 is 2.73 bits per heavy atom. The van der Waals surface area contributed by atoms with Crippen LogP contribution in [-0.2, 0) is 5.54 Å². The van der Waals surface area contributed by atoms with Crippen LogP contribution in [0.2, 0.25) is 0 Å². The van der Waals surface area contributed by atoms with Crippen molar-refractivity contribution < 1.29 is 9.53 Å². The first-order valence-electron chi connectivity index (χ1n) is 6.99. The van der Waals surface area contributed by atoms with Crippen molar-refractivity contribution in [1.29, 1.82) is 0 Å². The molecule has 0 atom stereocenters. The molecule has 3 N–H and O–H groups in total. The molecule has 2 aromatic heterocycles. The zero-order chi connectivity index (χ0) is 15.9. The van der Waals surface area contributed by atoms with E-state index in [1.54, 1.807) is 12.1 Å². The van der Waals surface area contributed by atoms with Crippen LogP contribution in [0.3, 0.4) is 0 Å². The molecule has 0 spiro atoms. The third-order valence-corrected chi connectivity index (χ3v) is 3.43. The Morgan fingerprint density at radius 1 is 1.32 bits per heavy atom. The first-order chi connectivity index (χ1) is 10.3. The second-order valence-corrected chi connectivity index (χ2v) is 6.14. The Balaban J connectivity index is 2.05. The van der Waals surface area contributed by atoms with Gasteiger partial charge in [0.1, 0.15) is 11.3 Å². The van der Waals surface area contributed by atoms with E-state index in [-0.39, 0.29) is 5.54 Å². The largest absolute Gasteiger partial charge is 0.410 e. The lowest BCUT2D eigenvalue weighted by Crippen LogP contribution is -2.19. The fraction of sp³-hybridized carbons (Fsp3) is 0.250. The van der Waals surface area contributed by atoms with Crippen molar-refractivity contribution in [1.82, 2.24) is 14.5 Å². The molecule has 0 radical (unpaired) electrons. The topological polar surface area (TPSA) is 85.9 Å². The molecule has 0 unspecified atom stereocenters. The molecule has 22 heavy (non-hydrogen) atoms. The van der Waals surface area contributed by atoms with Crippen LogP contribution in [0.4, 0.5) is 4.79 Å². The average molecular weight is 298 g/mol. The summed E-state index contributed by atoms with van der Waals surface area (Å²) in [5.74, 6) is 1.07. The highest BCUT2D eigenvalue weighted by atomic mass is 16.5. The number of nitrogens with zero attached hydrogens (tertiary/aromatic N) is 2. The number of amides is 1. The number of hydrogen-bond donors (Lipinski definition) is 2. The van der Waals surface area contributed by atoms with Crippen molar-refractivity contribution in [3.8, 4) is 17.1 Å². The summed E-state index contributed by atoms with van der Waals surface area (Å²) in [7, 11) is 0. The lowest BCUT2D eigenvalue weighted by molar-refractivity contribution is 0.211. The minimum Gasteiger partial charge on any atom is -0.408 e. The highest BCUT2D eigenvalue weighted by Gasteiger charge is 2.15. The number of nitrogens with one attached hydrogen (secondary N) is 1. The minimum absolute atomic E-state index is 0.00447. The smallest absolute Gasteiger partial charge is 0.408 e. The van der Waals surface area contributed by atoms with Gasteiger partial charge in [0.15, 0.2) is 5.75 Å². The van der Waals surface area contributed by atoms with E-state index in [9.17, 15) is 4.79 Å². The van der Waals surface area contributed by atoms with Gasteiger partial charge in [-0.1, -0.05) is 6.07 Å². The minimum atomic E-state index is -0.851. The van der Waals surface area contributed by atoms with E-state index >= 15 is 0 Å². The van der Waals surface area contributed by atoms with Crippen LogP contribution in [0.15, 0.2) is 36.7 Å². The Kier molecular flexibility index (Phi) is 3.16. The van der Waals surface area contributed by atoms with E-state index in [2.05, 4.69) is 35.3 Å². The number of aromatic amines is 1. The summed E-state index contributed by atoms with van der Waals surface area (Å²) in [5.41, 5.74) is 7.43. The summed E-state index contributed by atoms with van der Waals surface area (Å²) in [6, 6.07) is 7.32. The second kappa shape index (κ2) is 4.91. The van der Waals surface area contributed by atoms with E-state index in [0.717, 1.165) is 16.9 Å². The van der Waals surface area contributed by atoms with Gasteiger partial charge < -0.3 is 20.0 Å². The summed E-state index contributed by atoms with van der Waals surface area (Å²) in [6.45, 7) is 6.40. The molecule has 1 aromatic carbocycles. The third kappa shape index (κ3) is 2.55. The Bertz CT molecular complexity index is 839. The van der Waals surface area contributed by atoms with E-state index in [4.69, 9.17) is 10.5 Å². The molecule has 0 bridgehead atoms. The summed E-state index contributed by atoms with van der Waals surface area (Å²) >= 11 is 0. The van der Waals surface area contributed by atoms with E-state index in [1.807, 2.05) is 24.5 Å². The maximum absolute atomic E-state index is 11.0. The number of imidazole rings is 1. The van der Waals surface area contributed by atoms with E-state index in [1.165, 1.54) is 0 Å². The van der Waals surface area contributed by atoms with Gasteiger partial charge in [-0.15, -0.1) is 0 Å². The summed E-state index contributed by atoms with van der Waals surface area (Å²) in [5, 5.41) is 0. The number of primary amides is 1. The van der Waals surface area contributed by atoms with Crippen molar-refractivity contribution in [2.75, 3.05) is 0 Å². The Labute approximate surface area is 127 Å². The van der Waals surface area contributed by atoms with Gasteiger partial charge in [-0.3, -0.25) is 0 Å². The summed E-state index contributed by atoms with van der Waals surface area (Å²) in [4.78, 5) is 18.7. The normalized spacial score (nSPS) is 11.8. The zero-order valence-corrected chi connectivity index (χ0v) is 12.8. The lowest BCUT2D eigenvalue weighted by atomic mass is 10.1. The average Bonchev–Trinajstić information content (AvgIpc) is 3.04. The highest BCUT2D eigenvalue weighted by molar-refractivity contribution is 5.86. The van der Waals surface area contributed by atoms with Gasteiger partial charge in [0.2, 0.25) is 0 Å². The first kappa shape index (κ1) is 14.2. The molecule has 2 heterocycles. The lowest BCUT2D eigenvalue weighted by Gasteiger charge is -2.20. The molecule has 114 valence electrons. The number of fused-ring (bicyclic) bond motifs is 1. The van der Waals surface area contributed by atoms with Crippen molar-refractivity contribution >= 4 is 17.1 Å². The number of para-hydroxylation sites is 1. The molecule has 0 aliphatic heterocycles. The van der Waals surface area contributed by atoms with Crippen LogP contribution in [0, 0.1) is 0 Å². The zero-order valence-electron chi connectivity index (χ0n) is 12.8. The first-order valence-corrected chi connectivity index (χ1v) is 6.99. The third-order valence-electron chi connectivity index (χ3n) is 3.43. The van der Waals surface area contributed by atoms with Crippen molar-refractivity contribution in [2.45, 2.75) is 26.3 Å². The van der Waals surface area contributed by atoms with Gasteiger partial charge in [0, 0.05) is 23.5 Å². The van der Waals surface area contributed by atoms with Crippen LogP contribution < -0.4 is 10.5 Å². The molecule has 1 amide bonds. The molecule has 6 nitrogen and oxygen atoms in total. The fourth-order valence-corrected chi connectivity index (χ4v) is 2.29. The van der Waals surface area contributed by atoms with Crippen LogP contribution >= 0.6 is 0 Å². The molecule has 6 heteroatoms.